The highest BCUT2D eigenvalue weighted by Gasteiger charge is 2.24. The van der Waals surface area contributed by atoms with Crippen LogP contribution in [0.15, 0.2) is 6.33 Å². The Kier molecular flexibility index (Phi) is 3.33. The van der Waals surface area contributed by atoms with Crippen LogP contribution in [0.3, 0.4) is 0 Å². The number of nitrogens with one attached hydrogen (secondary N) is 1. The van der Waals surface area contributed by atoms with Crippen molar-refractivity contribution in [2.75, 3.05) is 13.1 Å². The van der Waals surface area contributed by atoms with Gasteiger partial charge in [-0.15, -0.1) is 0 Å². The Hall–Kier alpha value is -1.23. The van der Waals surface area contributed by atoms with Crippen LogP contribution in [-0.4, -0.2) is 29.2 Å². The van der Waals surface area contributed by atoms with Gasteiger partial charge in [-0.25, -0.2) is 4.98 Å². The summed E-state index contributed by atoms with van der Waals surface area (Å²) >= 11 is 0. The Morgan fingerprint density at radius 1 is 1.50 bits per heavy atom. The summed E-state index contributed by atoms with van der Waals surface area (Å²) in [5, 5.41) is 3.23. The van der Waals surface area contributed by atoms with Crippen molar-refractivity contribution in [2.45, 2.75) is 26.4 Å². The summed E-state index contributed by atoms with van der Waals surface area (Å²) in [6.07, 6.45) is 2.35. The summed E-state index contributed by atoms with van der Waals surface area (Å²) < 4.78 is 19.2. The molecule has 0 saturated carbocycles. The van der Waals surface area contributed by atoms with Gasteiger partial charge in [0, 0.05) is 6.54 Å². The van der Waals surface area contributed by atoms with Crippen LogP contribution in [0.2, 0.25) is 0 Å². The fourth-order valence-electron chi connectivity index (χ4n) is 1.78. The van der Waals surface area contributed by atoms with Gasteiger partial charge in [0.25, 0.3) is 5.88 Å². The predicted octanol–water partition coefficient (Wildman–Crippen LogP) is 1.30. The zero-order chi connectivity index (χ0) is 11.5. The fraction of sp³-hybridized carbons (Fsp3) is 0.636. The maximum Gasteiger partial charge on any atom is 0.254 e. The predicted molar refractivity (Wildman–Crippen MR) is 57.8 cm³/mol. The summed E-state index contributed by atoms with van der Waals surface area (Å²) in [4.78, 5) is 7.60. The number of halogens is 1. The van der Waals surface area contributed by atoms with Crippen LogP contribution in [-0.2, 0) is 0 Å². The van der Waals surface area contributed by atoms with Crippen LogP contribution in [0.4, 0.5) is 4.39 Å². The number of piperidine rings is 1. The molecule has 0 aromatic carbocycles. The first-order valence-corrected chi connectivity index (χ1v) is 5.53. The van der Waals surface area contributed by atoms with Crippen LogP contribution in [0.5, 0.6) is 5.88 Å². The minimum atomic E-state index is -0.458. The quantitative estimate of drug-likeness (QED) is 0.824. The van der Waals surface area contributed by atoms with E-state index in [2.05, 4.69) is 22.2 Å². The van der Waals surface area contributed by atoms with E-state index in [-0.39, 0.29) is 12.0 Å². The van der Waals surface area contributed by atoms with E-state index >= 15 is 0 Å². The molecule has 2 rings (SSSR count). The average molecular weight is 225 g/mol. The van der Waals surface area contributed by atoms with Crippen molar-refractivity contribution in [3.63, 3.8) is 0 Å². The summed E-state index contributed by atoms with van der Waals surface area (Å²) in [5.74, 6) is 0.0178. The molecular weight excluding hydrogens is 209 g/mol. The monoisotopic (exact) mass is 225 g/mol. The van der Waals surface area contributed by atoms with Gasteiger partial charge in [0.15, 0.2) is 0 Å². The highest BCUT2D eigenvalue weighted by atomic mass is 19.1. The number of nitrogens with zero attached hydrogens (tertiary/aromatic N) is 2. The van der Waals surface area contributed by atoms with Crippen molar-refractivity contribution >= 4 is 0 Å². The number of hydrogen-bond acceptors (Lipinski definition) is 4. The molecule has 1 saturated heterocycles. The fourth-order valence-corrected chi connectivity index (χ4v) is 1.78. The van der Waals surface area contributed by atoms with Gasteiger partial charge in [-0.1, -0.05) is 6.92 Å². The molecule has 0 spiro atoms. The molecule has 1 fully saturated rings. The first-order valence-electron chi connectivity index (χ1n) is 5.53. The van der Waals surface area contributed by atoms with Gasteiger partial charge in [0.1, 0.15) is 12.4 Å². The topological polar surface area (TPSA) is 47.0 Å². The first kappa shape index (κ1) is 11.3. The van der Waals surface area contributed by atoms with Crippen LogP contribution < -0.4 is 10.1 Å². The van der Waals surface area contributed by atoms with E-state index in [4.69, 9.17) is 4.74 Å². The normalized spacial score (nSPS) is 25.4. The van der Waals surface area contributed by atoms with E-state index in [1.807, 2.05) is 0 Å². The van der Waals surface area contributed by atoms with Crippen molar-refractivity contribution in [1.29, 1.82) is 0 Å². The first-order chi connectivity index (χ1) is 7.68. The molecule has 0 radical (unpaired) electrons. The number of aryl methyl sites for hydroxylation is 1. The molecule has 88 valence electrons. The molecule has 2 atom stereocenters. The third-order valence-corrected chi connectivity index (χ3v) is 2.95. The number of hydrogen-bond donors (Lipinski definition) is 1. The van der Waals surface area contributed by atoms with E-state index in [1.54, 1.807) is 6.92 Å². The largest absolute Gasteiger partial charge is 0.471 e. The van der Waals surface area contributed by atoms with Gasteiger partial charge < -0.3 is 10.1 Å². The highest BCUT2D eigenvalue weighted by molar-refractivity contribution is 5.16. The minimum absolute atomic E-state index is 0.0162. The molecule has 4 nitrogen and oxygen atoms in total. The molecule has 2 unspecified atom stereocenters. The molecule has 0 aliphatic carbocycles. The maximum absolute atomic E-state index is 13.6. The summed E-state index contributed by atoms with van der Waals surface area (Å²) in [6, 6.07) is 0. The van der Waals surface area contributed by atoms with E-state index in [9.17, 15) is 4.39 Å². The van der Waals surface area contributed by atoms with Gasteiger partial charge >= 0.3 is 0 Å². The molecule has 1 aromatic rings. The third-order valence-electron chi connectivity index (χ3n) is 2.95. The van der Waals surface area contributed by atoms with Gasteiger partial charge in [-0.2, -0.15) is 9.37 Å². The second-order valence-electron chi connectivity index (χ2n) is 4.20. The Balaban J connectivity index is 2.10. The number of rotatable bonds is 2. The Labute approximate surface area is 94.2 Å². The molecular formula is C11H16FN3O. The van der Waals surface area contributed by atoms with E-state index < -0.39 is 5.82 Å². The lowest BCUT2D eigenvalue weighted by molar-refractivity contribution is 0.104. The van der Waals surface area contributed by atoms with Crippen molar-refractivity contribution < 1.29 is 9.13 Å². The summed E-state index contributed by atoms with van der Waals surface area (Å²) in [7, 11) is 0. The second-order valence-corrected chi connectivity index (χ2v) is 4.20. The number of aromatic nitrogens is 2. The Morgan fingerprint density at radius 2 is 2.31 bits per heavy atom. The van der Waals surface area contributed by atoms with Gasteiger partial charge in [-0.3, -0.25) is 0 Å². The molecule has 2 heterocycles. The Morgan fingerprint density at radius 3 is 3.06 bits per heavy atom. The molecule has 0 amide bonds. The highest BCUT2D eigenvalue weighted by Crippen LogP contribution is 2.21. The van der Waals surface area contributed by atoms with Gasteiger partial charge in [0.05, 0.1) is 5.69 Å². The summed E-state index contributed by atoms with van der Waals surface area (Å²) in [6.45, 7) is 5.44. The molecule has 5 heteroatoms. The molecule has 1 aliphatic rings. The molecule has 16 heavy (non-hydrogen) atoms. The zero-order valence-electron chi connectivity index (χ0n) is 9.53. The molecule has 1 aliphatic heterocycles. The van der Waals surface area contributed by atoms with Crippen LogP contribution in [0.1, 0.15) is 19.0 Å². The van der Waals surface area contributed by atoms with E-state index in [0.29, 0.717) is 11.6 Å². The van der Waals surface area contributed by atoms with Crippen molar-refractivity contribution in [3.05, 3.63) is 17.8 Å². The summed E-state index contributed by atoms with van der Waals surface area (Å²) in [5.41, 5.74) is 0.321. The smallest absolute Gasteiger partial charge is 0.254 e. The SMILES string of the molecule is Cc1ncnc(OC2CNCCC2C)c1F. The van der Waals surface area contributed by atoms with Crippen LogP contribution >= 0.6 is 0 Å². The second kappa shape index (κ2) is 4.74. The van der Waals surface area contributed by atoms with Crippen LogP contribution in [0.25, 0.3) is 0 Å². The standard InChI is InChI=1S/C11H16FN3O/c1-7-3-4-13-5-9(7)16-11-10(12)8(2)14-6-15-11/h6-7,9,13H,3-5H2,1-2H3. The van der Waals surface area contributed by atoms with Gasteiger partial charge in [0.2, 0.25) is 5.82 Å². The lowest BCUT2D eigenvalue weighted by atomic mass is 9.97. The average Bonchev–Trinajstić information content (AvgIpc) is 2.28. The molecule has 1 aromatic heterocycles. The molecule has 1 N–H and O–H groups in total. The van der Waals surface area contributed by atoms with Crippen molar-refractivity contribution in [1.82, 2.24) is 15.3 Å². The van der Waals surface area contributed by atoms with Crippen molar-refractivity contribution in [3.8, 4) is 5.88 Å². The van der Waals surface area contributed by atoms with Crippen LogP contribution in [0, 0.1) is 18.7 Å². The number of ether oxygens (including phenoxy) is 1. The van der Waals surface area contributed by atoms with E-state index in [0.717, 1.165) is 19.5 Å². The van der Waals surface area contributed by atoms with E-state index in [1.165, 1.54) is 6.33 Å². The zero-order valence-corrected chi connectivity index (χ0v) is 9.53. The molecule has 0 bridgehead atoms. The maximum atomic E-state index is 13.6. The minimum Gasteiger partial charge on any atom is -0.471 e. The van der Waals surface area contributed by atoms with Crippen molar-refractivity contribution in [2.24, 2.45) is 5.92 Å². The Bertz CT molecular complexity index is 372. The lowest BCUT2D eigenvalue weighted by Gasteiger charge is -2.29. The lowest BCUT2D eigenvalue weighted by Crippen LogP contribution is -2.43. The third kappa shape index (κ3) is 2.29. The van der Waals surface area contributed by atoms with Gasteiger partial charge in [-0.05, 0) is 25.8 Å².